The fourth-order valence-corrected chi connectivity index (χ4v) is 3.61. The largest absolute Gasteiger partial charge is 0.322 e. The number of benzene rings is 2. The van der Waals surface area contributed by atoms with Gasteiger partial charge < -0.3 is 5.32 Å². The molecule has 0 saturated heterocycles. The maximum Gasteiger partial charge on any atom is 0.255 e. The van der Waals surface area contributed by atoms with Crippen molar-refractivity contribution in [2.75, 3.05) is 11.9 Å². The Kier molecular flexibility index (Phi) is 6.56. The van der Waals surface area contributed by atoms with Gasteiger partial charge in [-0.2, -0.15) is 0 Å². The lowest BCUT2D eigenvalue weighted by atomic mass is 10.1. The second kappa shape index (κ2) is 8.47. The Bertz CT molecular complexity index is 890. The van der Waals surface area contributed by atoms with Crippen molar-refractivity contribution in [2.24, 2.45) is 5.92 Å². The molecule has 26 heavy (non-hydrogen) atoms. The number of carbonyl (C=O) groups excluding carboxylic acids is 1. The van der Waals surface area contributed by atoms with Crippen molar-refractivity contribution in [3.63, 3.8) is 0 Å². The molecule has 2 aromatic carbocycles. The van der Waals surface area contributed by atoms with Crippen molar-refractivity contribution < 1.29 is 13.2 Å². The second-order valence-electron chi connectivity index (χ2n) is 6.88. The summed E-state index contributed by atoms with van der Waals surface area (Å²) in [7, 11) is -3.63. The number of hydrogen-bond donors (Lipinski definition) is 2. The van der Waals surface area contributed by atoms with Crippen LogP contribution in [-0.2, 0) is 10.0 Å². The van der Waals surface area contributed by atoms with Gasteiger partial charge in [0, 0.05) is 17.8 Å². The van der Waals surface area contributed by atoms with Crippen molar-refractivity contribution in [3.8, 4) is 0 Å². The molecule has 2 N–H and O–H groups in total. The molecule has 2 aromatic rings. The third-order valence-corrected chi connectivity index (χ3v) is 5.51. The molecule has 0 aliphatic heterocycles. The van der Waals surface area contributed by atoms with Crippen molar-refractivity contribution in [3.05, 3.63) is 59.2 Å². The Morgan fingerprint density at radius 2 is 1.81 bits per heavy atom. The average Bonchev–Trinajstić information content (AvgIpc) is 2.57. The molecular formula is C20H26N2O3S. The first-order valence-electron chi connectivity index (χ1n) is 8.67. The Labute approximate surface area is 155 Å². The van der Waals surface area contributed by atoms with Gasteiger partial charge >= 0.3 is 0 Å². The van der Waals surface area contributed by atoms with Gasteiger partial charge in [-0.05, 0) is 56.0 Å². The maximum atomic E-state index is 12.5. The molecule has 2 rings (SSSR count). The number of amides is 1. The number of carbonyl (C=O) groups is 1. The summed E-state index contributed by atoms with van der Waals surface area (Å²) in [6.07, 6.45) is 0.756. The van der Waals surface area contributed by atoms with E-state index in [2.05, 4.69) is 10.0 Å². The monoisotopic (exact) mass is 374 g/mol. The van der Waals surface area contributed by atoms with Gasteiger partial charge in [0.1, 0.15) is 0 Å². The Morgan fingerprint density at radius 3 is 2.46 bits per heavy atom. The van der Waals surface area contributed by atoms with Crippen molar-refractivity contribution in [1.82, 2.24) is 4.72 Å². The van der Waals surface area contributed by atoms with E-state index in [9.17, 15) is 13.2 Å². The summed E-state index contributed by atoms with van der Waals surface area (Å²) in [4.78, 5) is 12.6. The molecule has 0 saturated carbocycles. The molecule has 0 unspecified atom stereocenters. The lowest BCUT2D eigenvalue weighted by Gasteiger charge is -2.11. The highest BCUT2D eigenvalue weighted by Gasteiger charge is 2.16. The molecule has 0 bridgehead atoms. The minimum atomic E-state index is -3.63. The van der Waals surface area contributed by atoms with E-state index in [0.717, 1.165) is 17.5 Å². The van der Waals surface area contributed by atoms with E-state index in [1.165, 1.54) is 12.1 Å². The van der Waals surface area contributed by atoms with Crippen LogP contribution in [0.15, 0.2) is 47.4 Å². The summed E-state index contributed by atoms with van der Waals surface area (Å²) < 4.78 is 27.4. The molecule has 1 amide bonds. The highest BCUT2D eigenvalue weighted by molar-refractivity contribution is 7.89. The highest BCUT2D eigenvalue weighted by Crippen LogP contribution is 2.18. The zero-order valence-corrected chi connectivity index (χ0v) is 16.5. The van der Waals surface area contributed by atoms with Crippen LogP contribution in [0.25, 0.3) is 0 Å². The number of sulfonamides is 1. The smallest absolute Gasteiger partial charge is 0.255 e. The number of hydrogen-bond acceptors (Lipinski definition) is 3. The number of nitrogens with one attached hydrogen (secondary N) is 2. The van der Waals surface area contributed by atoms with Crippen LogP contribution in [0.5, 0.6) is 0 Å². The van der Waals surface area contributed by atoms with E-state index >= 15 is 0 Å². The van der Waals surface area contributed by atoms with Crippen LogP contribution >= 0.6 is 0 Å². The third kappa shape index (κ3) is 5.41. The molecule has 6 heteroatoms. The lowest BCUT2D eigenvalue weighted by molar-refractivity contribution is 0.102. The SMILES string of the molecule is Cc1ccc(NC(=O)c2cccc(S(=O)(=O)NCCC(C)C)c2)c(C)c1. The summed E-state index contributed by atoms with van der Waals surface area (Å²) in [6.45, 7) is 8.35. The minimum Gasteiger partial charge on any atom is -0.322 e. The van der Waals surface area contributed by atoms with Crippen LogP contribution in [0.1, 0.15) is 41.8 Å². The van der Waals surface area contributed by atoms with Gasteiger partial charge in [0.05, 0.1) is 4.90 Å². The fraction of sp³-hybridized carbons (Fsp3) is 0.350. The van der Waals surface area contributed by atoms with Gasteiger partial charge in [0.15, 0.2) is 0 Å². The summed E-state index contributed by atoms with van der Waals surface area (Å²) >= 11 is 0. The predicted molar refractivity (Wildman–Crippen MR) is 105 cm³/mol. The zero-order valence-electron chi connectivity index (χ0n) is 15.7. The van der Waals surface area contributed by atoms with Gasteiger partial charge in [0.2, 0.25) is 10.0 Å². The van der Waals surface area contributed by atoms with E-state index in [4.69, 9.17) is 0 Å². The van der Waals surface area contributed by atoms with Crippen molar-refractivity contribution in [1.29, 1.82) is 0 Å². The highest BCUT2D eigenvalue weighted by atomic mass is 32.2. The van der Waals surface area contributed by atoms with Gasteiger partial charge in [0.25, 0.3) is 5.91 Å². The first kappa shape index (κ1) is 20.1. The first-order valence-corrected chi connectivity index (χ1v) is 10.2. The molecule has 5 nitrogen and oxygen atoms in total. The van der Waals surface area contributed by atoms with E-state index in [0.29, 0.717) is 23.7 Å². The minimum absolute atomic E-state index is 0.0922. The Hall–Kier alpha value is -2.18. The van der Waals surface area contributed by atoms with Crippen LogP contribution in [0.3, 0.4) is 0 Å². The Balaban J connectivity index is 2.16. The van der Waals surface area contributed by atoms with Gasteiger partial charge in [-0.25, -0.2) is 13.1 Å². The van der Waals surface area contributed by atoms with Gasteiger partial charge in [-0.3, -0.25) is 4.79 Å². The molecule has 0 aliphatic rings. The molecule has 140 valence electrons. The van der Waals surface area contributed by atoms with Crippen molar-refractivity contribution >= 4 is 21.6 Å². The maximum absolute atomic E-state index is 12.5. The summed E-state index contributed by atoms with van der Waals surface area (Å²) in [5.74, 6) is 0.0729. The van der Waals surface area contributed by atoms with E-state index in [-0.39, 0.29) is 10.8 Å². The quantitative estimate of drug-likeness (QED) is 0.772. The summed E-state index contributed by atoms with van der Waals surface area (Å²) in [5, 5.41) is 2.84. The second-order valence-corrected chi connectivity index (χ2v) is 8.65. The predicted octanol–water partition coefficient (Wildman–Crippen LogP) is 3.88. The van der Waals surface area contributed by atoms with Gasteiger partial charge in [-0.15, -0.1) is 0 Å². The van der Waals surface area contributed by atoms with E-state index in [1.54, 1.807) is 12.1 Å². The molecule has 0 heterocycles. The van der Waals surface area contributed by atoms with Gasteiger partial charge in [-0.1, -0.05) is 37.6 Å². The molecular weight excluding hydrogens is 348 g/mol. The van der Waals surface area contributed by atoms with Crippen LogP contribution in [0.2, 0.25) is 0 Å². The topological polar surface area (TPSA) is 75.3 Å². The lowest BCUT2D eigenvalue weighted by Crippen LogP contribution is -2.26. The molecule has 0 spiro atoms. The van der Waals surface area contributed by atoms with Crippen LogP contribution in [0.4, 0.5) is 5.69 Å². The molecule has 0 fully saturated rings. The average molecular weight is 375 g/mol. The third-order valence-electron chi connectivity index (χ3n) is 4.05. The molecule has 0 radical (unpaired) electrons. The van der Waals surface area contributed by atoms with E-state index in [1.807, 2.05) is 45.9 Å². The normalized spacial score (nSPS) is 11.6. The van der Waals surface area contributed by atoms with Crippen LogP contribution < -0.4 is 10.0 Å². The molecule has 0 atom stereocenters. The molecule has 0 aliphatic carbocycles. The van der Waals surface area contributed by atoms with Crippen molar-refractivity contribution in [2.45, 2.75) is 39.0 Å². The fourth-order valence-electron chi connectivity index (χ4n) is 2.52. The number of aryl methyl sites for hydroxylation is 2. The summed E-state index contributed by atoms with van der Waals surface area (Å²) in [5.41, 5.74) is 3.08. The number of rotatable bonds is 7. The standard InChI is InChI=1S/C20H26N2O3S/c1-14(2)10-11-21-26(24,25)18-7-5-6-17(13-18)20(23)22-19-9-8-15(3)12-16(19)4/h5-9,12-14,21H,10-11H2,1-4H3,(H,22,23). The van der Waals surface area contributed by atoms with E-state index < -0.39 is 10.0 Å². The molecule has 0 aromatic heterocycles. The number of anilines is 1. The summed E-state index contributed by atoms with van der Waals surface area (Å²) in [6, 6.07) is 11.8. The first-order chi connectivity index (χ1) is 12.2. The van der Waals surface area contributed by atoms with Crippen LogP contribution in [0, 0.1) is 19.8 Å². The Morgan fingerprint density at radius 1 is 1.08 bits per heavy atom. The zero-order chi connectivity index (χ0) is 19.3. The van der Waals surface area contributed by atoms with Crippen LogP contribution in [-0.4, -0.2) is 20.9 Å².